The molecular formula is C27H28N4O. The molecule has 0 bridgehead atoms. The van der Waals surface area contributed by atoms with Crippen molar-refractivity contribution in [1.82, 2.24) is 19.4 Å². The number of likely N-dealkylation sites (tertiary alicyclic amines) is 1. The predicted molar refractivity (Wildman–Crippen MR) is 128 cm³/mol. The van der Waals surface area contributed by atoms with Gasteiger partial charge in [0, 0.05) is 37.8 Å². The highest BCUT2D eigenvalue weighted by atomic mass is 16.2. The smallest absolute Gasteiger partial charge is 0.222 e. The van der Waals surface area contributed by atoms with Crippen molar-refractivity contribution in [2.75, 3.05) is 13.1 Å². The Balaban J connectivity index is 1.44. The molecule has 2 aromatic carbocycles. The van der Waals surface area contributed by atoms with Crippen molar-refractivity contribution < 1.29 is 4.79 Å². The summed E-state index contributed by atoms with van der Waals surface area (Å²) in [6.45, 7) is 4.60. The van der Waals surface area contributed by atoms with E-state index in [0.717, 1.165) is 54.9 Å². The maximum atomic E-state index is 12.3. The summed E-state index contributed by atoms with van der Waals surface area (Å²) in [5.41, 5.74) is 5.50. The van der Waals surface area contributed by atoms with Gasteiger partial charge in [-0.1, -0.05) is 61.5 Å². The molecule has 1 amide bonds. The second kappa shape index (κ2) is 8.95. The van der Waals surface area contributed by atoms with Crippen LogP contribution in [0.4, 0.5) is 0 Å². The second-order valence-electron chi connectivity index (χ2n) is 8.60. The molecule has 5 rings (SSSR count). The van der Waals surface area contributed by atoms with Crippen LogP contribution in [-0.2, 0) is 11.3 Å². The van der Waals surface area contributed by atoms with Gasteiger partial charge >= 0.3 is 0 Å². The van der Waals surface area contributed by atoms with Gasteiger partial charge < -0.3 is 9.47 Å². The van der Waals surface area contributed by atoms with E-state index in [4.69, 9.17) is 4.98 Å². The molecular weight excluding hydrogens is 396 g/mol. The quantitative estimate of drug-likeness (QED) is 0.416. The summed E-state index contributed by atoms with van der Waals surface area (Å²) < 4.78 is 2.31. The minimum absolute atomic E-state index is 0.284. The highest BCUT2D eigenvalue weighted by Gasteiger charge is 2.27. The molecule has 1 fully saturated rings. The van der Waals surface area contributed by atoms with Gasteiger partial charge in [-0.25, -0.2) is 4.98 Å². The number of pyridine rings is 1. The van der Waals surface area contributed by atoms with Gasteiger partial charge in [0.25, 0.3) is 0 Å². The van der Waals surface area contributed by atoms with E-state index in [1.165, 1.54) is 11.1 Å². The summed E-state index contributed by atoms with van der Waals surface area (Å²) >= 11 is 0. The number of carbonyl (C=O) groups is 1. The van der Waals surface area contributed by atoms with Gasteiger partial charge in [-0.2, -0.15) is 0 Å². The summed E-state index contributed by atoms with van der Waals surface area (Å²) in [6, 6.07) is 21.1. The molecule has 0 saturated carbocycles. The maximum absolute atomic E-state index is 12.3. The lowest BCUT2D eigenvalue weighted by atomic mass is 10.0. The normalized spacial score (nSPS) is 16.0. The third-order valence-electron chi connectivity index (χ3n) is 6.34. The van der Waals surface area contributed by atoms with Crippen LogP contribution in [0.5, 0.6) is 0 Å². The average molecular weight is 425 g/mol. The SMILES string of the molecule is CCCC(=O)N1CC[C@@H](Cn2c(-c3ccc(-c4ccccc4)cc3)nc3cnccc32)C1. The number of aromatic nitrogens is 3. The highest BCUT2D eigenvalue weighted by Crippen LogP contribution is 2.30. The zero-order chi connectivity index (χ0) is 21.9. The van der Waals surface area contributed by atoms with Crippen LogP contribution in [0.2, 0.25) is 0 Å². The van der Waals surface area contributed by atoms with Gasteiger partial charge in [0.15, 0.2) is 0 Å². The van der Waals surface area contributed by atoms with Crippen LogP contribution in [0.3, 0.4) is 0 Å². The Morgan fingerprint density at radius 3 is 2.53 bits per heavy atom. The van der Waals surface area contributed by atoms with Gasteiger partial charge in [-0.3, -0.25) is 9.78 Å². The van der Waals surface area contributed by atoms with Gasteiger partial charge in [0.2, 0.25) is 5.91 Å². The summed E-state index contributed by atoms with van der Waals surface area (Å²) in [6.07, 6.45) is 6.24. The molecule has 0 unspecified atom stereocenters. The Morgan fingerprint density at radius 1 is 1.00 bits per heavy atom. The Morgan fingerprint density at radius 2 is 1.75 bits per heavy atom. The zero-order valence-corrected chi connectivity index (χ0v) is 18.4. The number of nitrogens with zero attached hydrogens (tertiary/aromatic N) is 4. The van der Waals surface area contributed by atoms with E-state index in [1.54, 1.807) is 0 Å². The number of imidazole rings is 1. The number of carbonyl (C=O) groups excluding carboxylic acids is 1. The minimum Gasteiger partial charge on any atom is -0.342 e. The minimum atomic E-state index is 0.284. The van der Waals surface area contributed by atoms with Crippen LogP contribution in [0.15, 0.2) is 73.1 Å². The van der Waals surface area contributed by atoms with Crippen LogP contribution >= 0.6 is 0 Å². The molecule has 162 valence electrons. The fraction of sp³-hybridized carbons (Fsp3) is 0.296. The Kier molecular flexibility index (Phi) is 5.71. The molecule has 0 spiro atoms. The van der Waals surface area contributed by atoms with E-state index in [2.05, 4.69) is 65.0 Å². The van der Waals surface area contributed by atoms with E-state index in [1.807, 2.05) is 29.4 Å². The van der Waals surface area contributed by atoms with Gasteiger partial charge in [-0.15, -0.1) is 0 Å². The largest absolute Gasteiger partial charge is 0.342 e. The van der Waals surface area contributed by atoms with Gasteiger partial charge in [0.1, 0.15) is 11.3 Å². The van der Waals surface area contributed by atoms with Crippen LogP contribution in [-0.4, -0.2) is 38.4 Å². The topological polar surface area (TPSA) is 51.0 Å². The Hall–Kier alpha value is -3.47. The maximum Gasteiger partial charge on any atom is 0.222 e. The number of fused-ring (bicyclic) bond motifs is 1. The predicted octanol–water partition coefficient (Wildman–Crippen LogP) is 5.41. The lowest BCUT2D eigenvalue weighted by molar-refractivity contribution is -0.130. The van der Waals surface area contributed by atoms with Gasteiger partial charge in [0.05, 0.1) is 11.7 Å². The van der Waals surface area contributed by atoms with Crippen LogP contribution in [0.1, 0.15) is 26.2 Å². The lowest BCUT2D eigenvalue weighted by Gasteiger charge is -2.17. The van der Waals surface area contributed by atoms with Crippen molar-refractivity contribution in [3.8, 4) is 22.5 Å². The first-order chi connectivity index (χ1) is 15.7. The first-order valence-corrected chi connectivity index (χ1v) is 11.5. The standard InChI is InChI=1S/C27H28N4O/c1-2-6-26(32)30-16-14-20(18-30)19-31-25-13-15-28-17-24(25)29-27(31)23-11-9-22(10-12-23)21-7-4-3-5-8-21/h3-5,7-13,15,17,20H,2,6,14,16,18-19H2,1H3/t20-/m1/s1. The molecule has 32 heavy (non-hydrogen) atoms. The number of hydrogen-bond donors (Lipinski definition) is 0. The van der Waals surface area contributed by atoms with E-state index in [-0.39, 0.29) is 5.91 Å². The van der Waals surface area contributed by atoms with Crippen molar-refractivity contribution in [3.05, 3.63) is 73.1 Å². The second-order valence-corrected chi connectivity index (χ2v) is 8.60. The van der Waals surface area contributed by atoms with Crippen LogP contribution < -0.4 is 0 Å². The monoisotopic (exact) mass is 424 g/mol. The van der Waals surface area contributed by atoms with E-state index < -0.39 is 0 Å². The van der Waals surface area contributed by atoms with Crippen molar-refractivity contribution in [3.63, 3.8) is 0 Å². The van der Waals surface area contributed by atoms with E-state index in [0.29, 0.717) is 12.3 Å². The molecule has 1 saturated heterocycles. The number of benzene rings is 2. The third-order valence-corrected chi connectivity index (χ3v) is 6.34. The lowest BCUT2D eigenvalue weighted by Crippen LogP contribution is -2.28. The third kappa shape index (κ3) is 4.03. The molecule has 3 heterocycles. The summed E-state index contributed by atoms with van der Waals surface area (Å²) in [7, 11) is 0. The molecule has 0 radical (unpaired) electrons. The van der Waals surface area contributed by atoms with Crippen LogP contribution in [0, 0.1) is 5.92 Å². The molecule has 5 nitrogen and oxygen atoms in total. The first kappa shape index (κ1) is 20.4. The fourth-order valence-corrected chi connectivity index (χ4v) is 4.67. The number of amides is 1. The fourth-order valence-electron chi connectivity index (χ4n) is 4.67. The summed E-state index contributed by atoms with van der Waals surface area (Å²) in [5.74, 6) is 1.68. The Labute approximate surface area is 188 Å². The molecule has 0 aliphatic carbocycles. The molecule has 1 atom stereocenters. The number of rotatable bonds is 6. The van der Waals surface area contributed by atoms with E-state index in [9.17, 15) is 4.79 Å². The summed E-state index contributed by atoms with van der Waals surface area (Å²) in [5, 5.41) is 0. The van der Waals surface area contributed by atoms with E-state index >= 15 is 0 Å². The average Bonchev–Trinajstić information content (AvgIpc) is 3.46. The highest BCUT2D eigenvalue weighted by molar-refractivity contribution is 5.80. The molecule has 1 aliphatic rings. The van der Waals surface area contributed by atoms with Crippen molar-refractivity contribution in [2.24, 2.45) is 5.92 Å². The molecule has 4 aromatic rings. The van der Waals surface area contributed by atoms with Gasteiger partial charge in [-0.05, 0) is 36.0 Å². The molecule has 2 aromatic heterocycles. The molecule has 1 aliphatic heterocycles. The summed E-state index contributed by atoms with van der Waals surface area (Å²) in [4.78, 5) is 23.6. The van der Waals surface area contributed by atoms with Crippen LogP contribution in [0.25, 0.3) is 33.5 Å². The zero-order valence-electron chi connectivity index (χ0n) is 18.4. The van der Waals surface area contributed by atoms with Crippen molar-refractivity contribution in [1.29, 1.82) is 0 Å². The van der Waals surface area contributed by atoms with Crippen molar-refractivity contribution >= 4 is 16.9 Å². The van der Waals surface area contributed by atoms with Crippen molar-refractivity contribution in [2.45, 2.75) is 32.7 Å². The molecule has 0 N–H and O–H groups in total. The Bertz CT molecular complexity index is 1210. The molecule has 5 heteroatoms. The first-order valence-electron chi connectivity index (χ1n) is 11.5. The number of hydrogen-bond acceptors (Lipinski definition) is 3.